The van der Waals surface area contributed by atoms with Gasteiger partial charge in [-0.25, -0.2) is 0 Å². The molecule has 2 heterocycles. The second kappa shape index (κ2) is 6.88. The number of fused-ring (bicyclic) bond motifs is 1. The maximum atomic E-state index is 12.2. The molecule has 0 spiro atoms. The van der Waals surface area contributed by atoms with Crippen molar-refractivity contribution >= 4 is 44.2 Å². The van der Waals surface area contributed by atoms with E-state index in [9.17, 15) is 4.79 Å². The molecule has 2 aromatic heterocycles. The molecule has 4 aromatic rings. The smallest absolute Gasteiger partial charge is 0.291 e. The first kappa shape index (κ1) is 17.3. The first-order chi connectivity index (χ1) is 13.0. The van der Waals surface area contributed by atoms with Crippen molar-refractivity contribution in [1.82, 2.24) is 15.0 Å². The van der Waals surface area contributed by atoms with Gasteiger partial charge in [0.2, 0.25) is 0 Å². The predicted octanol–water partition coefficient (Wildman–Crippen LogP) is 4.09. The second-order valence-electron chi connectivity index (χ2n) is 6.16. The summed E-state index contributed by atoms with van der Waals surface area (Å²) in [4.78, 5) is 15.8. The Hall–Kier alpha value is -3.13. The number of rotatable bonds is 4. The fourth-order valence-corrected chi connectivity index (χ4v) is 2.93. The molecule has 0 atom stereocenters. The number of halogens is 1. The van der Waals surface area contributed by atoms with Gasteiger partial charge in [0.25, 0.3) is 5.91 Å². The number of hydrogen-bond acceptors (Lipinski definition) is 5. The Morgan fingerprint density at radius 2 is 1.78 bits per heavy atom. The van der Waals surface area contributed by atoms with E-state index < -0.39 is 0 Å². The van der Waals surface area contributed by atoms with E-state index in [1.807, 2.05) is 49.3 Å². The summed E-state index contributed by atoms with van der Waals surface area (Å²) in [6.45, 7) is 0. The van der Waals surface area contributed by atoms with Gasteiger partial charge in [-0.05, 0) is 70.5 Å². The Bertz CT molecular complexity index is 1110. The lowest BCUT2D eigenvalue weighted by Gasteiger charge is -2.12. The van der Waals surface area contributed by atoms with Crippen LogP contribution in [0.2, 0.25) is 0 Å². The summed E-state index contributed by atoms with van der Waals surface area (Å²) >= 11 is 3.19. The molecule has 4 rings (SSSR count). The van der Waals surface area contributed by atoms with Crippen LogP contribution in [0.1, 0.15) is 10.6 Å². The Morgan fingerprint density at radius 1 is 1.04 bits per heavy atom. The summed E-state index contributed by atoms with van der Waals surface area (Å²) < 4.78 is 5.77. The number of amides is 1. The van der Waals surface area contributed by atoms with Crippen molar-refractivity contribution in [3.8, 4) is 5.69 Å². The van der Waals surface area contributed by atoms with Gasteiger partial charge < -0.3 is 14.6 Å². The topological polar surface area (TPSA) is 76.2 Å². The van der Waals surface area contributed by atoms with E-state index in [0.717, 1.165) is 16.9 Å². The summed E-state index contributed by atoms with van der Waals surface area (Å²) in [5, 5.41) is 11.8. The number of carbonyl (C=O) groups excluding carboxylic acids is 1. The van der Waals surface area contributed by atoms with E-state index in [2.05, 4.69) is 31.4 Å². The third-order valence-corrected chi connectivity index (χ3v) is 4.46. The van der Waals surface area contributed by atoms with E-state index in [1.54, 1.807) is 29.1 Å². The molecule has 0 radical (unpaired) electrons. The highest BCUT2D eigenvalue weighted by Crippen LogP contribution is 2.20. The Balaban J connectivity index is 1.59. The molecule has 2 aromatic carbocycles. The Morgan fingerprint density at radius 3 is 2.44 bits per heavy atom. The molecule has 0 saturated carbocycles. The zero-order valence-corrected chi connectivity index (χ0v) is 16.3. The molecule has 8 heteroatoms. The van der Waals surface area contributed by atoms with Gasteiger partial charge in [-0.3, -0.25) is 4.79 Å². The number of anilines is 2. The molecule has 0 fully saturated rings. The number of carbonyl (C=O) groups is 1. The van der Waals surface area contributed by atoms with Crippen LogP contribution in [0.15, 0.2) is 63.7 Å². The molecule has 0 saturated heterocycles. The fourth-order valence-electron chi connectivity index (χ4n) is 2.62. The van der Waals surface area contributed by atoms with E-state index >= 15 is 0 Å². The van der Waals surface area contributed by atoms with Crippen LogP contribution >= 0.6 is 15.9 Å². The first-order valence-corrected chi connectivity index (χ1v) is 9.00. The van der Waals surface area contributed by atoms with Crippen LogP contribution < -0.4 is 10.2 Å². The van der Waals surface area contributed by atoms with Crippen LogP contribution in [0, 0.1) is 0 Å². The van der Waals surface area contributed by atoms with Crippen molar-refractivity contribution in [3.05, 3.63) is 65.0 Å². The molecule has 0 unspecified atom stereocenters. The van der Waals surface area contributed by atoms with Gasteiger partial charge in [0.1, 0.15) is 11.0 Å². The minimum absolute atomic E-state index is 0.228. The van der Waals surface area contributed by atoms with Crippen LogP contribution in [0.5, 0.6) is 0 Å². The van der Waals surface area contributed by atoms with E-state index in [0.29, 0.717) is 15.9 Å². The van der Waals surface area contributed by atoms with Crippen LogP contribution in [-0.4, -0.2) is 35.0 Å². The number of benzene rings is 2. The summed E-state index contributed by atoms with van der Waals surface area (Å²) in [6.07, 6.45) is 0. The average molecular weight is 426 g/mol. The maximum absolute atomic E-state index is 12.2. The molecule has 0 aliphatic rings. The van der Waals surface area contributed by atoms with E-state index in [1.165, 1.54) is 0 Å². The zero-order chi connectivity index (χ0) is 19.0. The van der Waals surface area contributed by atoms with Crippen molar-refractivity contribution in [1.29, 1.82) is 0 Å². The number of furan rings is 1. The predicted molar refractivity (Wildman–Crippen MR) is 108 cm³/mol. The van der Waals surface area contributed by atoms with Crippen LogP contribution in [0.4, 0.5) is 11.4 Å². The highest BCUT2D eigenvalue weighted by molar-refractivity contribution is 9.10. The molecule has 1 N–H and O–H groups in total. The minimum atomic E-state index is -0.327. The number of hydrogen-bond donors (Lipinski definition) is 1. The van der Waals surface area contributed by atoms with Gasteiger partial charge in [0, 0.05) is 25.5 Å². The molecule has 136 valence electrons. The van der Waals surface area contributed by atoms with Crippen LogP contribution in [0.25, 0.3) is 16.7 Å². The van der Waals surface area contributed by atoms with Crippen molar-refractivity contribution in [2.45, 2.75) is 0 Å². The molecular formula is C19H16BrN5O2. The lowest BCUT2D eigenvalue weighted by molar-refractivity contribution is 0.0995. The largest absolute Gasteiger partial charge is 0.444 e. The minimum Gasteiger partial charge on any atom is -0.444 e. The fraction of sp³-hybridized carbons (Fsp3) is 0.105. The maximum Gasteiger partial charge on any atom is 0.291 e. The lowest BCUT2D eigenvalue weighted by Crippen LogP contribution is -2.10. The van der Waals surface area contributed by atoms with Gasteiger partial charge >= 0.3 is 0 Å². The highest BCUT2D eigenvalue weighted by atomic mass is 79.9. The van der Waals surface area contributed by atoms with Crippen molar-refractivity contribution < 1.29 is 9.21 Å². The second-order valence-corrected chi connectivity index (χ2v) is 6.94. The van der Waals surface area contributed by atoms with E-state index in [4.69, 9.17) is 4.42 Å². The normalized spacial score (nSPS) is 10.9. The summed E-state index contributed by atoms with van der Waals surface area (Å²) in [6, 6.07) is 16.6. The Kier molecular flexibility index (Phi) is 4.41. The van der Waals surface area contributed by atoms with Gasteiger partial charge in [-0.15, -0.1) is 10.2 Å². The highest BCUT2D eigenvalue weighted by Gasteiger charge is 2.12. The first-order valence-electron chi connectivity index (χ1n) is 8.21. The van der Waals surface area contributed by atoms with Gasteiger partial charge in [-0.1, -0.05) is 0 Å². The van der Waals surface area contributed by atoms with Crippen LogP contribution in [0.3, 0.4) is 0 Å². The number of nitrogens with one attached hydrogen (secondary N) is 1. The van der Waals surface area contributed by atoms with Crippen molar-refractivity contribution in [3.63, 3.8) is 0 Å². The summed E-state index contributed by atoms with van der Waals surface area (Å²) in [5.74, 6) is -0.0988. The average Bonchev–Trinajstić information content (AvgIpc) is 3.27. The lowest BCUT2D eigenvalue weighted by atomic mass is 10.2. The number of aromatic nitrogens is 3. The standard InChI is InChI=1S/C19H16BrN5O2/c1-24(2)13-4-6-14(7-5-13)25-22-15-8-3-12(11-16(15)23-25)21-19(26)17-9-10-18(20)27-17/h3-11H,1-2H3,(H,21,26). The SMILES string of the molecule is CN(C)c1ccc(-n2nc3ccc(NC(=O)c4ccc(Br)o4)cc3n2)cc1. The third-order valence-electron chi connectivity index (χ3n) is 4.03. The van der Waals surface area contributed by atoms with Gasteiger partial charge in [0.05, 0.1) is 5.69 Å². The molecule has 0 aliphatic carbocycles. The van der Waals surface area contributed by atoms with Crippen LogP contribution in [-0.2, 0) is 0 Å². The Labute approximate surface area is 163 Å². The molecule has 0 bridgehead atoms. The quantitative estimate of drug-likeness (QED) is 0.532. The third kappa shape index (κ3) is 3.56. The monoisotopic (exact) mass is 425 g/mol. The molecule has 7 nitrogen and oxygen atoms in total. The van der Waals surface area contributed by atoms with Gasteiger partial charge in [0.15, 0.2) is 10.4 Å². The summed E-state index contributed by atoms with van der Waals surface area (Å²) in [7, 11) is 3.99. The molecule has 27 heavy (non-hydrogen) atoms. The number of nitrogens with zero attached hydrogens (tertiary/aromatic N) is 4. The van der Waals surface area contributed by atoms with E-state index in [-0.39, 0.29) is 11.7 Å². The zero-order valence-electron chi connectivity index (χ0n) is 14.7. The molecule has 1 amide bonds. The molecule has 0 aliphatic heterocycles. The molecular weight excluding hydrogens is 410 g/mol. The van der Waals surface area contributed by atoms with Gasteiger partial charge in [-0.2, -0.15) is 4.80 Å². The van der Waals surface area contributed by atoms with Crippen molar-refractivity contribution in [2.24, 2.45) is 0 Å². The summed E-state index contributed by atoms with van der Waals surface area (Å²) in [5.41, 5.74) is 4.01. The van der Waals surface area contributed by atoms with Crippen molar-refractivity contribution in [2.75, 3.05) is 24.3 Å².